The number of methoxy groups -OCH3 is 2. The fourth-order valence-electron chi connectivity index (χ4n) is 2.95. The van der Waals surface area contributed by atoms with E-state index in [9.17, 15) is 4.79 Å². The molecule has 1 amide bonds. The van der Waals surface area contributed by atoms with Gasteiger partial charge in [-0.1, -0.05) is 5.10 Å². The SMILES string of the molecule is COCCNC(=O)C1CCN(c2nnc(-c3ccc(OC)cc3)o2)CC1. The summed E-state index contributed by atoms with van der Waals surface area (Å²) in [6.45, 7) is 2.50. The first kappa shape index (κ1) is 18.2. The monoisotopic (exact) mass is 360 g/mol. The first-order chi connectivity index (χ1) is 12.7. The zero-order valence-electron chi connectivity index (χ0n) is 15.1. The van der Waals surface area contributed by atoms with E-state index in [1.54, 1.807) is 14.2 Å². The highest BCUT2D eigenvalue weighted by atomic mass is 16.5. The molecule has 1 N–H and O–H groups in total. The molecular formula is C18H24N4O4. The number of nitrogens with one attached hydrogen (secondary N) is 1. The number of benzene rings is 1. The highest BCUT2D eigenvalue weighted by Gasteiger charge is 2.27. The fraction of sp³-hybridized carbons (Fsp3) is 0.500. The van der Waals surface area contributed by atoms with Gasteiger partial charge >= 0.3 is 6.01 Å². The lowest BCUT2D eigenvalue weighted by molar-refractivity contribution is -0.125. The van der Waals surface area contributed by atoms with E-state index in [1.165, 1.54) is 0 Å². The molecule has 0 saturated carbocycles. The van der Waals surface area contributed by atoms with Gasteiger partial charge in [-0.3, -0.25) is 4.79 Å². The molecule has 8 heteroatoms. The number of ether oxygens (including phenoxy) is 2. The van der Waals surface area contributed by atoms with E-state index in [1.807, 2.05) is 29.2 Å². The number of anilines is 1. The van der Waals surface area contributed by atoms with Crippen molar-refractivity contribution in [2.75, 3.05) is 45.4 Å². The van der Waals surface area contributed by atoms with Gasteiger partial charge in [-0.25, -0.2) is 0 Å². The molecule has 2 aromatic rings. The summed E-state index contributed by atoms with van der Waals surface area (Å²) in [4.78, 5) is 14.1. The van der Waals surface area contributed by atoms with Gasteiger partial charge < -0.3 is 24.1 Å². The van der Waals surface area contributed by atoms with Gasteiger partial charge in [0.05, 0.1) is 13.7 Å². The Balaban J connectivity index is 1.55. The van der Waals surface area contributed by atoms with Crippen molar-refractivity contribution >= 4 is 11.9 Å². The van der Waals surface area contributed by atoms with Crippen molar-refractivity contribution in [3.8, 4) is 17.2 Å². The van der Waals surface area contributed by atoms with Crippen LogP contribution in [0.3, 0.4) is 0 Å². The summed E-state index contributed by atoms with van der Waals surface area (Å²) >= 11 is 0. The molecule has 0 unspecified atom stereocenters. The second-order valence-electron chi connectivity index (χ2n) is 6.16. The molecule has 140 valence electrons. The number of carbonyl (C=O) groups excluding carboxylic acids is 1. The molecule has 3 rings (SSSR count). The zero-order chi connectivity index (χ0) is 18.4. The molecule has 0 radical (unpaired) electrons. The second kappa shape index (κ2) is 8.66. The van der Waals surface area contributed by atoms with Gasteiger partial charge in [0, 0.05) is 38.2 Å². The van der Waals surface area contributed by atoms with Gasteiger partial charge in [0.15, 0.2) is 0 Å². The van der Waals surface area contributed by atoms with Crippen LogP contribution in [0.25, 0.3) is 11.5 Å². The average Bonchev–Trinajstić information content (AvgIpc) is 3.18. The predicted molar refractivity (Wildman–Crippen MR) is 96.1 cm³/mol. The molecule has 26 heavy (non-hydrogen) atoms. The van der Waals surface area contributed by atoms with Gasteiger partial charge in [-0.15, -0.1) is 5.10 Å². The lowest BCUT2D eigenvalue weighted by atomic mass is 9.96. The van der Waals surface area contributed by atoms with Crippen LogP contribution in [0.15, 0.2) is 28.7 Å². The maximum atomic E-state index is 12.1. The van der Waals surface area contributed by atoms with Gasteiger partial charge in [0.2, 0.25) is 11.8 Å². The van der Waals surface area contributed by atoms with E-state index in [2.05, 4.69) is 15.5 Å². The Kier molecular flexibility index (Phi) is 6.06. The Labute approximate surface area is 152 Å². The number of aromatic nitrogens is 2. The number of rotatable bonds is 7. The highest BCUT2D eigenvalue weighted by molar-refractivity contribution is 5.78. The molecule has 0 aliphatic carbocycles. The summed E-state index contributed by atoms with van der Waals surface area (Å²) in [7, 11) is 3.25. The molecule has 8 nitrogen and oxygen atoms in total. The number of amides is 1. The largest absolute Gasteiger partial charge is 0.497 e. The van der Waals surface area contributed by atoms with Crippen molar-refractivity contribution in [3.63, 3.8) is 0 Å². The lowest BCUT2D eigenvalue weighted by Crippen LogP contribution is -2.41. The highest BCUT2D eigenvalue weighted by Crippen LogP contribution is 2.27. The van der Waals surface area contributed by atoms with Crippen LogP contribution in [0.1, 0.15) is 12.8 Å². The molecule has 1 aromatic heterocycles. The van der Waals surface area contributed by atoms with E-state index in [0.29, 0.717) is 38.1 Å². The normalized spacial score (nSPS) is 15.1. The fourth-order valence-corrected chi connectivity index (χ4v) is 2.95. The van der Waals surface area contributed by atoms with Gasteiger partial charge in [0.25, 0.3) is 0 Å². The molecule has 1 saturated heterocycles. The minimum Gasteiger partial charge on any atom is -0.497 e. The van der Waals surface area contributed by atoms with Crippen LogP contribution in [0.2, 0.25) is 0 Å². The third-order valence-electron chi connectivity index (χ3n) is 4.49. The molecule has 2 heterocycles. The lowest BCUT2D eigenvalue weighted by Gasteiger charge is -2.29. The van der Waals surface area contributed by atoms with Crippen LogP contribution in [-0.2, 0) is 9.53 Å². The second-order valence-corrected chi connectivity index (χ2v) is 6.16. The van der Waals surface area contributed by atoms with Crippen LogP contribution in [0, 0.1) is 5.92 Å². The van der Waals surface area contributed by atoms with Crippen molar-refractivity contribution in [2.45, 2.75) is 12.8 Å². The van der Waals surface area contributed by atoms with Crippen molar-refractivity contribution in [1.82, 2.24) is 15.5 Å². The van der Waals surface area contributed by atoms with Crippen LogP contribution in [-0.4, -0.2) is 56.6 Å². The number of hydrogen-bond donors (Lipinski definition) is 1. The summed E-state index contributed by atoms with van der Waals surface area (Å²) in [5.41, 5.74) is 0.844. The molecule has 0 atom stereocenters. The summed E-state index contributed by atoms with van der Waals surface area (Å²) in [5.74, 6) is 1.36. The number of carbonyl (C=O) groups is 1. The first-order valence-corrected chi connectivity index (χ1v) is 8.71. The van der Waals surface area contributed by atoms with Crippen LogP contribution in [0.4, 0.5) is 6.01 Å². The summed E-state index contributed by atoms with van der Waals surface area (Å²) in [6, 6.07) is 7.97. The molecule has 0 spiro atoms. The number of piperidine rings is 1. The standard InChI is InChI=1S/C18H24N4O4/c1-24-12-9-19-16(23)13-7-10-22(11-8-13)18-21-20-17(26-18)14-3-5-15(25-2)6-4-14/h3-6,13H,7-12H2,1-2H3,(H,19,23). The minimum atomic E-state index is 0.0205. The zero-order valence-corrected chi connectivity index (χ0v) is 15.1. The quantitative estimate of drug-likeness (QED) is 0.752. The van der Waals surface area contributed by atoms with Gasteiger partial charge in [-0.05, 0) is 37.1 Å². The van der Waals surface area contributed by atoms with Crippen LogP contribution >= 0.6 is 0 Å². The molecular weight excluding hydrogens is 336 g/mol. The van der Waals surface area contributed by atoms with Crippen molar-refractivity contribution in [1.29, 1.82) is 0 Å². The van der Waals surface area contributed by atoms with E-state index in [-0.39, 0.29) is 11.8 Å². The van der Waals surface area contributed by atoms with Crippen LogP contribution < -0.4 is 15.0 Å². The van der Waals surface area contributed by atoms with Gasteiger partial charge in [0.1, 0.15) is 5.75 Å². The third kappa shape index (κ3) is 4.32. The molecule has 1 aliphatic rings. The van der Waals surface area contributed by atoms with E-state index in [0.717, 1.165) is 24.2 Å². The maximum absolute atomic E-state index is 12.1. The van der Waals surface area contributed by atoms with Crippen molar-refractivity contribution in [3.05, 3.63) is 24.3 Å². The van der Waals surface area contributed by atoms with E-state index >= 15 is 0 Å². The summed E-state index contributed by atoms with van der Waals surface area (Å²) in [6.07, 6.45) is 1.53. The van der Waals surface area contributed by atoms with E-state index < -0.39 is 0 Å². The van der Waals surface area contributed by atoms with Gasteiger partial charge in [-0.2, -0.15) is 0 Å². The third-order valence-corrected chi connectivity index (χ3v) is 4.49. The number of nitrogens with zero attached hydrogens (tertiary/aromatic N) is 3. The maximum Gasteiger partial charge on any atom is 0.318 e. The first-order valence-electron chi connectivity index (χ1n) is 8.71. The summed E-state index contributed by atoms with van der Waals surface area (Å²) in [5, 5.41) is 11.2. The predicted octanol–water partition coefficient (Wildman–Crippen LogP) is 1.72. The smallest absolute Gasteiger partial charge is 0.318 e. The van der Waals surface area contributed by atoms with Crippen LogP contribution in [0.5, 0.6) is 5.75 Å². The topological polar surface area (TPSA) is 89.7 Å². The van der Waals surface area contributed by atoms with Crippen molar-refractivity contribution in [2.24, 2.45) is 5.92 Å². The Morgan fingerprint density at radius 1 is 1.23 bits per heavy atom. The van der Waals surface area contributed by atoms with E-state index in [4.69, 9.17) is 13.9 Å². The molecule has 1 fully saturated rings. The Hall–Kier alpha value is -2.61. The Morgan fingerprint density at radius 2 is 1.96 bits per heavy atom. The summed E-state index contributed by atoms with van der Waals surface area (Å²) < 4.78 is 15.9. The average molecular weight is 360 g/mol. The molecule has 0 bridgehead atoms. The van der Waals surface area contributed by atoms with Crippen molar-refractivity contribution < 1.29 is 18.7 Å². The molecule has 1 aliphatic heterocycles. The Bertz CT molecular complexity index is 708. The number of hydrogen-bond acceptors (Lipinski definition) is 7. The Morgan fingerprint density at radius 3 is 2.62 bits per heavy atom. The minimum absolute atomic E-state index is 0.0205. The molecule has 1 aromatic carbocycles.